The zero-order valence-electron chi connectivity index (χ0n) is 11.3. The standard InChI is InChI=1S/C15H14N4O/c1-9-8-14(19-10(2)18-9)20-13-6-5-12(16)15-11(13)4-3-7-17-15/h3-8H,16H2,1-2H3. The molecule has 0 aliphatic carbocycles. The monoisotopic (exact) mass is 266 g/mol. The third kappa shape index (κ3) is 2.25. The second-order valence-corrected chi connectivity index (χ2v) is 4.55. The van der Waals surface area contributed by atoms with E-state index in [1.54, 1.807) is 18.3 Å². The number of aryl methyl sites for hydroxylation is 2. The number of benzene rings is 1. The van der Waals surface area contributed by atoms with E-state index in [4.69, 9.17) is 10.5 Å². The maximum Gasteiger partial charge on any atom is 0.222 e. The van der Waals surface area contributed by atoms with Gasteiger partial charge in [-0.3, -0.25) is 4.98 Å². The number of hydrogen-bond donors (Lipinski definition) is 1. The second kappa shape index (κ2) is 4.77. The molecule has 100 valence electrons. The van der Waals surface area contributed by atoms with Gasteiger partial charge in [-0.2, -0.15) is 4.98 Å². The van der Waals surface area contributed by atoms with Gasteiger partial charge in [-0.1, -0.05) is 0 Å². The van der Waals surface area contributed by atoms with E-state index in [1.165, 1.54) is 0 Å². The largest absolute Gasteiger partial charge is 0.438 e. The SMILES string of the molecule is Cc1cc(Oc2ccc(N)c3ncccc23)nc(C)n1. The van der Waals surface area contributed by atoms with Crippen molar-refractivity contribution in [3.05, 3.63) is 48.0 Å². The van der Waals surface area contributed by atoms with Crippen LogP contribution in [0.15, 0.2) is 36.5 Å². The van der Waals surface area contributed by atoms with Gasteiger partial charge in [0, 0.05) is 23.3 Å². The number of rotatable bonds is 2. The van der Waals surface area contributed by atoms with Gasteiger partial charge in [-0.15, -0.1) is 0 Å². The fourth-order valence-electron chi connectivity index (χ4n) is 2.11. The lowest BCUT2D eigenvalue weighted by Gasteiger charge is -2.10. The molecule has 3 aromatic rings. The molecule has 0 unspecified atom stereocenters. The summed E-state index contributed by atoms with van der Waals surface area (Å²) >= 11 is 0. The Morgan fingerprint density at radius 1 is 1.10 bits per heavy atom. The van der Waals surface area contributed by atoms with Crippen molar-refractivity contribution in [2.24, 2.45) is 0 Å². The molecule has 2 heterocycles. The Bertz CT molecular complexity index is 766. The lowest BCUT2D eigenvalue weighted by molar-refractivity contribution is 0.464. The van der Waals surface area contributed by atoms with Gasteiger partial charge in [0.25, 0.3) is 0 Å². The van der Waals surface area contributed by atoms with E-state index in [0.717, 1.165) is 16.6 Å². The van der Waals surface area contributed by atoms with Crippen LogP contribution in [0.25, 0.3) is 10.9 Å². The number of hydrogen-bond acceptors (Lipinski definition) is 5. The fraction of sp³-hybridized carbons (Fsp3) is 0.133. The Labute approximate surface area is 116 Å². The molecule has 20 heavy (non-hydrogen) atoms. The van der Waals surface area contributed by atoms with Crippen molar-refractivity contribution >= 4 is 16.6 Å². The molecule has 0 atom stereocenters. The highest BCUT2D eigenvalue weighted by molar-refractivity contribution is 5.93. The predicted molar refractivity (Wildman–Crippen MR) is 77.7 cm³/mol. The number of nitrogen functional groups attached to an aromatic ring is 1. The first-order chi connectivity index (χ1) is 9.63. The third-order valence-electron chi connectivity index (χ3n) is 2.92. The van der Waals surface area contributed by atoms with Gasteiger partial charge in [-0.05, 0) is 38.1 Å². The number of nitrogens with zero attached hydrogens (tertiary/aromatic N) is 3. The highest BCUT2D eigenvalue weighted by atomic mass is 16.5. The topological polar surface area (TPSA) is 73.9 Å². The van der Waals surface area contributed by atoms with Crippen molar-refractivity contribution in [2.45, 2.75) is 13.8 Å². The van der Waals surface area contributed by atoms with E-state index >= 15 is 0 Å². The molecule has 2 N–H and O–H groups in total. The summed E-state index contributed by atoms with van der Waals surface area (Å²) in [6.45, 7) is 3.74. The van der Waals surface area contributed by atoms with Crippen LogP contribution in [-0.4, -0.2) is 15.0 Å². The normalized spacial score (nSPS) is 10.7. The Kier molecular flexibility index (Phi) is 2.95. The van der Waals surface area contributed by atoms with Crippen molar-refractivity contribution in [2.75, 3.05) is 5.73 Å². The molecule has 0 aliphatic rings. The Morgan fingerprint density at radius 2 is 1.95 bits per heavy atom. The minimum atomic E-state index is 0.518. The van der Waals surface area contributed by atoms with Gasteiger partial charge in [0.1, 0.15) is 11.6 Å². The van der Waals surface area contributed by atoms with Crippen LogP contribution in [0.4, 0.5) is 5.69 Å². The maximum absolute atomic E-state index is 5.92. The lowest BCUT2D eigenvalue weighted by Crippen LogP contribution is -1.96. The van der Waals surface area contributed by atoms with E-state index in [1.807, 2.05) is 32.0 Å². The van der Waals surface area contributed by atoms with E-state index in [-0.39, 0.29) is 0 Å². The molecule has 2 aromatic heterocycles. The average Bonchev–Trinajstić information content (AvgIpc) is 2.41. The van der Waals surface area contributed by atoms with Gasteiger partial charge in [-0.25, -0.2) is 4.98 Å². The van der Waals surface area contributed by atoms with Gasteiger partial charge >= 0.3 is 0 Å². The smallest absolute Gasteiger partial charge is 0.222 e. The summed E-state index contributed by atoms with van der Waals surface area (Å²) in [7, 11) is 0. The quantitative estimate of drug-likeness (QED) is 0.722. The van der Waals surface area contributed by atoms with E-state index in [0.29, 0.717) is 23.1 Å². The first-order valence-electron chi connectivity index (χ1n) is 6.27. The molecule has 0 amide bonds. The van der Waals surface area contributed by atoms with Crippen molar-refractivity contribution < 1.29 is 4.74 Å². The summed E-state index contributed by atoms with van der Waals surface area (Å²) in [5.74, 6) is 1.88. The van der Waals surface area contributed by atoms with Gasteiger partial charge in [0.2, 0.25) is 5.88 Å². The van der Waals surface area contributed by atoms with Crippen LogP contribution >= 0.6 is 0 Å². The van der Waals surface area contributed by atoms with Crippen LogP contribution in [0.1, 0.15) is 11.5 Å². The summed E-state index contributed by atoms with van der Waals surface area (Å²) in [4.78, 5) is 12.8. The molecule has 3 rings (SSSR count). The molecule has 1 aromatic carbocycles. The molecule has 5 heteroatoms. The third-order valence-corrected chi connectivity index (χ3v) is 2.92. The molecule has 0 saturated heterocycles. The number of nitrogens with two attached hydrogens (primary N) is 1. The van der Waals surface area contributed by atoms with Crippen molar-refractivity contribution in [1.82, 2.24) is 15.0 Å². The highest BCUT2D eigenvalue weighted by Gasteiger charge is 2.08. The minimum Gasteiger partial charge on any atom is -0.438 e. The molecular formula is C15H14N4O. The van der Waals surface area contributed by atoms with Gasteiger partial charge in [0.05, 0.1) is 11.2 Å². The molecular weight excluding hydrogens is 252 g/mol. The molecule has 0 aliphatic heterocycles. The van der Waals surface area contributed by atoms with Crippen LogP contribution in [-0.2, 0) is 0 Å². The van der Waals surface area contributed by atoms with E-state index in [2.05, 4.69) is 15.0 Å². The zero-order valence-corrected chi connectivity index (χ0v) is 11.3. The summed E-state index contributed by atoms with van der Waals surface area (Å²) in [6, 6.07) is 9.18. The predicted octanol–water partition coefficient (Wildman–Crippen LogP) is 3.02. The van der Waals surface area contributed by atoms with Crippen LogP contribution in [0.5, 0.6) is 11.6 Å². The molecule has 0 bridgehead atoms. The molecule has 0 fully saturated rings. The zero-order chi connectivity index (χ0) is 14.1. The van der Waals surface area contributed by atoms with Crippen LogP contribution in [0, 0.1) is 13.8 Å². The molecule has 0 spiro atoms. The number of ether oxygens (including phenoxy) is 1. The van der Waals surface area contributed by atoms with Crippen LogP contribution < -0.4 is 10.5 Å². The molecule has 0 saturated carbocycles. The first-order valence-corrected chi connectivity index (χ1v) is 6.27. The van der Waals surface area contributed by atoms with Crippen molar-refractivity contribution in [3.63, 3.8) is 0 Å². The van der Waals surface area contributed by atoms with Crippen molar-refractivity contribution in [3.8, 4) is 11.6 Å². The Morgan fingerprint density at radius 3 is 2.75 bits per heavy atom. The maximum atomic E-state index is 5.92. The molecule has 0 radical (unpaired) electrons. The van der Waals surface area contributed by atoms with Crippen LogP contribution in [0.3, 0.4) is 0 Å². The summed E-state index contributed by atoms with van der Waals surface area (Å²) in [6.07, 6.45) is 1.71. The Balaban J connectivity index is 2.09. The van der Waals surface area contributed by atoms with Crippen molar-refractivity contribution in [1.29, 1.82) is 0 Å². The van der Waals surface area contributed by atoms with E-state index < -0.39 is 0 Å². The molecule has 5 nitrogen and oxygen atoms in total. The second-order valence-electron chi connectivity index (χ2n) is 4.55. The van der Waals surface area contributed by atoms with Gasteiger partial charge < -0.3 is 10.5 Å². The minimum absolute atomic E-state index is 0.518. The highest BCUT2D eigenvalue weighted by Crippen LogP contribution is 2.31. The lowest BCUT2D eigenvalue weighted by atomic mass is 10.2. The van der Waals surface area contributed by atoms with Gasteiger partial charge in [0.15, 0.2) is 0 Å². The number of pyridine rings is 1. The van der Waals surface area contributed by atoms with Crippen LogP contribution in [0.2, 0.25) is 0 Å². The number of fused-ring (bicyclic) bond motifs is 1. The summed E-state index contributed by atoms with van der Waals surface area (Å²) in [5.41, 5.74) is 8.15. The first kappa shape index (κ1) is 12.3. The average molecular weight is 266 g/mol. The number of aromatic nitrogens is 3. The summed E-state index contributed by atoms with van der Waals surface area (Å²) < 4.78 is 5.86. The van der Waals surface area contributed by atoms with E-state index in [9.17, 15) is 0 Å². The summed E-state index contributed by atoms with van der Waals surface area (Å²) in [5, 5.41) is 0.862. The fourth-order valence-corrected chi connectivity index (χ4v) is 2.11. The Hall–Kier alpha value is -2.69. The number of anilines is 1.